The van der Waals surface area contributed by atoms with E-state index in [1.165, 1.54) is 6.92 Å². The third kappa shape index (κ3) is 2.64. The number of aliphatic carboxylic acids is 1. The second-order valence-electron chi connectivity index (χ2n) is 4.83. The molecular weight excluding hydrogens is 260 g/mol. The Morgan fingerprint density at radius 1 is 1.35 bits per heavy atom. The minimum atomic E-state index is -1.08. The third-order valence-electron chi connectivity index (χ3n) is 3.40. The van der Waals surface area contributed by atoms with Crippen LogP contribution in [0.2, 0.25) is 0 Å². The first kappa shape index (κ1) is 14.0. The Labute approximate surface area is 116 Å². The average molecular weight is 276 g/mol. The van der Waals surface area contributed by atoms with Gasteiger partial charge >= 0.3 is 5.97 Å². The van der Waals surface area contributed by atoms with Crippen molar-refractivity contribution in [1.29, 1.82) is 0 Å². The van der Waals surface area contributed by atoms with Gasteiger partial charge in [0.15, 0.2) is 0 Å². The summed E-state index contributed by atoms with van der Waals surface area (Å²) in [6.07, 6.45) is 1.01. The number of carbonyl (C=O) groups excluding carboxylic acids is 2. The fraction of sp³-hybridized carbons (Fsp3) is 0.357. The van der Waals surface area contributed by atoms with E-state index >= 15 is 0 Å². The molecule has 6 nitrogen and oxygen atoms in total. The number of aryl methyl sites for hydroxylation is 1. The van der Waals surface area contributed by atoms with Crippen LogP contribution in [-0.2, 0) is 16.0 Å². The summed E-state index contributed by atoms with van der Waals surface area (Å²) in [5, 5.41) is 11.2. The zero-order chi connectivity index (χ0) is 14.9. The molecule has 1 aromatic carbocycles. The largest absolute Gasteiger partial charge is 0.480 e. The summed E-state index contributed by atoms with van der Waals surface area (Å²) < 4.78 is 0. The first-order valence-electron chi connectivity index (χ1n) is 6.33. The molecule has 1 heterocycles. The van der Waals surface area contributed by atoms with E-state index in [2.05, 4.69) is 5.32 Å². The minimum Gasteiger partial charge on any atom is -0.480 e. The van der Waals surface area contributed by atoms with E-state index in [1.54, 1.807) is 30.1 Å². The van der Waals surface area contributed by atoms with Crippen LogP contribution in [0, 0.1) is 0 Å². The van der Waals surface area contributed by atoms with Gasteiger partial charge in [0.1, 0.15) is 6.04 Å². The van der Waals surface area contributed by atoms with Gasteiger partial charge in [-0.2, -0.15) is 0 Å². The van der Waals surface area contributed by atoms with E-state index in [-0.39, 0.29) is 5.91 Å². The van der Waals surface area contributed by atoms with Gasteiger partial charge in [-0.25, -0.2) is 0 Å². The summed E-state index contributed by atoms with van der Waals surface area (Å²) in [6.45, 7) is 1.41. The second-order valence-corrected chi connectivity index (χ2v) is 4.83. The summed E-state index contributed by atoms with van der Waals surface area (Å²) >= 11 is 0. The van der Waals surface area contributed by atoms with E-state index in [0.29, 0.717) is 18.4 Å². The molecule has 0 bridgehead atoms. The molecule has 6 heteroatoms. The number of hydrogen-bond acceptors (Lipinski definition) is 3. The van der Waals surface area contributed by atoms with Crippen LogP contribution >= 0.6 is 0 Å². The van der Waals surface area contributed by atoms with E-state index < -0.39 is 17.9 Å². The Hall–Kier alpha value is -2.37. The van der Waals surface area contributed by atoms with E-state index in [0.717, 1.165) is 11.3 Å². The Kier molecular flexibility index (Phi) is 3.74. The Morgan fingerprint density at radius 3 is 2.70 bits per heavy atom. The number of carboxylic acids is 1. The van der Waals surface area contributed by atoms with Crippen molar-refractivity contribution in [3.63, 3.8) is 0 Å². The molecular formula is C14H16N2O4. The Morgan fingerprint density at radius 2 is 2.05 bits per heavy atom. The van der Waals surface area contributed by atoms with E-state index in [4.69, 9.17) is 5.11 Å². The highest BCUT2D eigenvalue weighted by Gasteiger charge is 2.22. The van der Waals surface area contributed by atoms with Gasteiger partial charge in [-0.15, -0.1) is 0 Å². The number of nitrogens with zero attached hydrogens (tertiary/aromatic N) is 1. The number of nitrogens with one attached hydrogen (secondary N) is 1. The highest BCUT2D eigenvalue weighted by atomic mass is 16.4. The molecule has 0 saturated carbocycles. The van der Waals surface area contributed by atoms with Crippen molar-refractivity contribution in [1.82, 2.24) is 5.32 Å². The summed E-state index contributed by atoms with van der Waals surface area (Å²) in [4.78, 5) is 35.8. The zero-order valence-corrected chi connectivity index (χ0v) is 11.3. The maximum absolute atomic E-state index is 11.9. The highest BCUT2D eigenvalue weighted by Crippen LogP contribution is 2.27. The van der Waals surface area contributed by atoms with Crippen LogP contribution in [0.3, 0.4) is 0 Å². The highest BCUT2D eigenvalue weighted by molar-refractivity contribution is 5.99. The molecule has 2 amide bonds. The quantitative estimate of drug-likeness (QED) is 0.855. The Balaban J connectivity index is 2.21. The molecule has 0 aromatic heterocycles. The zero-order valence-electron chi connectivity index (χ0n) is 11.3. The summed E-state index contributed by atoms with van der Waals surface area (Å²) in [5.74, 6) is -1.46. The molecule has 1 aliphatic heterocycles. The molecule has 2 rings (SSSR count). The van der Waals surface area contributed by atoms with Crippen LogP contribution in [-0.4, -0.2) is 36.0 Å². The maximum Gasteiger partial charge on any atom is 0.325 e. The van der Waals surface area contributed by atoms with Gasteiger partial charge in [-0.3, -0.25) is 14.4 Å². The molecule has 0 radical (unpaired) electrons. The number of rotatable bonds is 3. The SMILES string of the molecule is C[C@H](NC(=O)c1ccc2c(c1)CCC(=O)N2C)C(=O)O. The number of carbonyl (C=O) groups is 3. The summed E-state index contributed by atoms with van der Waals surface area (Å²) in [7, 11) is 1.70. The Bertz CT molecular complexity index is 583. The smallest absolute Gasteiger partial charge is 0.325 e. The van der Waals surface area contributed by atoms with Gasteiger partial charge in [0.2, 0.25) is 5.91 Å². The number of fused-ring (bicyclic) bond motifs is 1. The van der Waals surface area contributed by atoms with Gasteiger partial charge in [-0.05, 0) is 37.1 Å². The summed E-state index contributed by atoms with van der Waals surface area (Å²) in [5.41, 5.74) is 2.12. The predicted octanol–water partition coefficient (Wildman–Crippen LogP) is 0.799. The lowest BCUT2D eigenvalue weighted by Crippen LogP contribution is -2.38. The van der Waals surface area contributed by atoms with Crippen LogP contribution in [0.25, 0.3) is 0 Å². The van der Waals surface area contributed by atoms with Gasteiger partial charge in [0.05, 0.1) is 0 Å². The molecule has 20 heavy (non-hydrogen) atoms. The van der Waals surface area contributed by atoms with E-state index in [1.807, 2.05) is 0 Å². The van der Waals surface area contributed by atoms with Crippen molar-refractivity contribution in [2.45, 2.75) is 25.8 Å². The third-order valence-corrected chi connectivity index (χ3v) is 3.40. The molecule has 1 atom stereocenters. The van der Waals surface area contributed by atoms with Crippen molar-refractivity contribution >= 4 is 23.5 Å². The lowest BCUT2D eigenvalue weighted by molar-refractivity contribution is -0.138. The number of amides is 2. The number of hydrogen-bond donors (Lipinski definition) is 2. The van der Waals surface area contributed by atoms with E-state index in [9.17, 15) is 14.4 Å². The predicted molar refractivity (Wildman–Crippen MR) is 72.7 cm³/mol. The number of carboxylic acid groups (broad SMARTS) is 1. The number of benzene rings is 1. The van der Waals surface area contributed by atoms with Crippen molar-refractivity contribution in [3.05, 3.63) is 29.3 Å². The van der Waals surface area contributed by atoms with Crippen LogP contribution in [0.5, 0.6) is 0 Å². The number of anilines is 1. The first-order chi connectivity index (χ1) is 9.40. The molecule has 106 valence electrons. The summed E-state index contributed by atoms with van der Waals surface area (Å²) in [6, 6.07) is 4.08. The lowest BCUT2D eigenvalue weighted by atomic mass is 9.99. The van der Waals surface area contributed by atoms with Gasteiger partial charge < -0.3 is 15.3 Å². The van der Waals surface area contributed by atoms with Crippen molar-refractivity contribution in [2.24, 2.45) is 0 Å². The fourth-order valence-corrected chi connectivity index (χ4v) is 2.14. The molecule has 0 saturated heterocycles. The topological polar surface area (TPSA) is 86.7 Å². The van der Waals surface area contributed by atoms with Crippen LogP contribution in [0.1, 0.15) is 29.3 Å². The monoisotopic (exact) mass is 276 g/mol. The second kappa shape index (κ2) is 5.32. The van der Waals surface area contributed by atoms with Crippen LogP contribution < -0.4 is 10.2 Å². The molecule has 0 spiro atoms. The molecule has 0 fully saturated rings. The molecule has 2 N–H and O–H groups in total. The van der Waals surface area contributed by atoms with Crippen molar-refractivity contribution < 1.29 is 19.5 Å². The maximum atomic E-state index is 11.9. The van der Waals surface area contributed by atoms with Crippen LogP contribution in [0.4, 0.5) is 5.69 Å². The fourth-order valence-electron chi connectivity index (χ4n) is 2.14. The van der Waals surface area contributed by atoms with Crippen molar-refractivity contribution in [2.75, 3.05) is 11.9 Å². The van der Waals surface area contributed by atoms with Gasteiger partial charge in [0.25, 0.3) is 5.91 Å². The molecule has 1 aromatic rings. The molecule has 1 aliphatic rings. The van der Waals surface area contributed by atoms with Gasteiger partial charge in [-0.1, -0.05) is 0 Å². The molecule has 0 unspecified atom stereocenters. The first-order valence-corrected chi connectivity index (χ1v) is 6.33. The lowest BCUT2D eigenvalue weighted by Gasteiger charge is -2.26. The van der Waals surface area contributed by atoms with Crippen LogP contribution in [0.15, 0.2) is 18.2 Å². The van der Waals surface area contributed by atoms with Gasteiger partial charge in [0, 0.05) is 24.7 Å². The standard InChI is InChI=1S/C14H16N2O4/c1-8(14(19)20)15-13(18)10-3-5-11-9(7-10)4-6-12(17)16(11)2/h3,5,7-8H,4,6H2,1-2H3,(H,15,18)(H,19,20)/t8-/m0/s1. The molecule has 0 aliphatic carbocycles. The normalized spacial score (nSPS) is 15.5. The average Bonchev–Trinajstić information content (AvgIpc) is 2.42. The van der Waals surface area contributed by atoms with Crippen molar-refractivity contribution in [3.8, 4) is 0 Å². The minimum absolute atomic E-state index is 0.0502.